The second-order valence-corrected chi connectivity index (χ2v) is 6.30. The van der Waals surface area contributed by atoms with Gasteiger partial charge in [0.05, 0.1) is 17.2 Å². The molecule has 0 spiro atoms. The molecule has 1 aliphatic heterocycles. The Balaban J connectivity index is 1.95. The molecule has 1 aromatic rings. The molecular formula is C10H15N3S2. The average molecular weight is 241 g/mol. The van der Waals surface area contributed by atoms with Crippen LogP contribution in [0.5, 0.6) is 0 Å². The van der Waals surface area contributed by atoms with Crippen LogP contribution >= 0.6 is 23.1 Å². The summed E-state index contributed by atoms with van der Waals surface area (Å²) in [7, 11) is 0. The van der Waals surface area contributed by atoms with Gasteiger partial charge < -0.3 is 5.32 Å². The largest absolute Gasteiger partial charge is 0.359 e. The van der Waals surface area contributed by atoms with Crippen LogP contribution in [0, 0.1) is 6.92 Å². The lowest BCUT2D eigenvalue weighted by atomic mass is 10.1. The van der Waals surface area contributed by atoms with Crippen molar-refractivity contribution in [2.45, 2.75) is 32.9 Å². The molecular weight excluding hydrogens is 226 g/mol. The van der Waals surface area contributed by atoms with Gasteiger partial charge in [0.25, 0.3) is 0 Å². The van der Waals surface area contributed by atoms with Crippen LogP contribution < -0.4 is 5.32 Å². The van der Waals surface area contributed by atoms with Crippen LogP contribution in [0.3, 0.4) is 0 Å². The first kappa shape index (κ1) is 11.0. The maximum atomic E-state index is 4.52. The summed E-state index contributed by atoms with van der Waals surface area (Å²) in [6.07, 6.45) is 0. The number of amidine groups is 1. The molecule has 0 bridgehead atoms. The third-order valence-electron chi connectivity index (χ3n) is 2.07. The minimum Gasteiger partial charge on any atom is -0.359 e. The van der Waals surface area contributed by atoms with E-state index in [0.717, 1.165) is 21.6 Å². The summed E-state index contributed by atoms with van der Waals surface area (Å²) >= 11 is 3.47. The monoisotopic (exact) mass is 241 g/mol. The molecule has 1 aliphatic rings. The van der Waals surface area contributed by atoms with Crippen molar-refractivity contribution in [3.8, 4) is 0 Å². The Morgan fingerprint density at radius 3 is 2.93 bits per heavy atom. The van der Waals surface area contributed by atoms with Gasteiger partial charge in [-0.1, -0.05) is 11.8 Å². The molecule has 1 N–H and O–H groups in total. The molecule has 1 saturated heterocycles. The van der Waals surface area contributed by atoms with Crippen molar-refractivity contribution in [3.63, 3.8) is 0 Å². The van der Waals surface area contributed by atoms with E-state index in [0.29, 0.717) is 6.54 Å². The molecule has 0 amide bonds. The maximum Gasteiger partial charge on any atom is 0.157 e. The van der Waals surface area contributed by atoms with Gasteiger partial charge in [0.1, 0.15) is 0 Å². The molecule has 0 atom stereocenters. The third kappa shape index (κ3) is 2.95. The topological polar surface area (TPSA) is 37.3 Å². The Labute approximate surface area is 98.4 Å². The zero-order valence-electron chi connectivity index (χ0n) is 9.20. The molecule has 0 aromatic carbocycles. The first-order chi connectivity index (χ1) is 7.05. The van der Waals surface area contributed by atoms with Gasteiger partial charge in [0.2, 0.25) is 0 Å². The molecule has 1 aromatic heterocycles. The van der Waals surface area contributed by atoms with E-state index in [1.807, 2.05) is 6.92 Å². The van der Waals surface area contributed by atoms with Crippen LogP contribution in [0.4, 0.5) is 0 Å². The van der Waals surface area contributed by atoms with Gasteiger partial charge in [0, 0.05) is 16.7 Å². The van der Waals surface area contributed by atoms with Crippen molar-refractivity contribution >= 4 is 28.3 Å². The summed E-state index contributed by atoms with van der Waals surface area (Å²) in [5, 5.41) is 7.63. The number of thioether (sulfide) groups is 1. The maximum absolute atomic E-state index is 4.52. The lowest BCUT2D eigenvalue weighted by Crippen LogP contribution is -2.36. The molecule has 0 radical (unpaired) electrons. The van der Waals surface area contributed by atoms with Gasteiger partial charge in [-0.15, -0.1) is 11.3 Å². The zero-order chi connectivity index (χ0) is 10.9. The number of nitrogens with one attached hydrogen (secondary N) is 1. The van der Waals surface area contributed by atoms with Crippen molar-refractivity contribution in [2.75, 3.05) is 5.75 Å². The van der Waals surface area contributed by atoms with Crippen molar-refractivity contribution in [1.82, 2.24) is 10.3 Å². The van der Waals surface area contributed by atoms with Gasteiger partial charge in [-0.3, -0.25) is 4.99 Å². The summed E-state index contributed by atoms with van der Waals surface area (Å²) in [4.78, 5) is 8.90. The highest BCUT2D eigenvalue weighted by molar-refractivity contribution is 8.14. The smallest absolute Gasteiger partial charge is 0.157 e. The van der Waals surface area contributed by atoms with Crippen LogP contribution in [0.25, 0.3) is 0 Å². The number of rotatable bonds is 2. The molecule has 2 heterocycles. The Kier molecular flexibility index (Phi) is 3.02. The van der Waals surface area contributed by atoms with Crippen LogP contribution in [-0.4, -0.2) is 21.4 Å². The summed E-state index contributed by atoms with van der Waals surface area (Å²) in [6.45, 7) is 7.09. The number of aryl methyl sites for hydroxylation is 1. The fraction of sp³-hybridized carbons (Fsp3) is 0.600. The number of thiazole rings is 1. The molecule has 15 heavy (non-hydrogen) atoms. The summed E-state index contributed by atoms with van der Waals surface area (Å²) < 4.78 is 0. The Morgan fingerprint density at radius 1 is 1.60 bits per heavy atom. The van der Waals surface area contributed by atoms with Crippen LogP contribution in [0.15, 0.2) is 10.4 Å². The SMILES string of the molecule is Cc1nc(CN=C2NC(C)(C)CS2)cs1. The molecule has 0 aliphatic carbocycles. The van der Waals surface area contributed by atoms with Crippen LogP contribution in [0.2, 0.25) is 0 Å². The minimum atomic E-state index is 0.182. The highest BCUT2D eigenvalue weighted by atomic mass is 32.2. The van der Waals surface area contributed by atoms with Crippen molar-refractivity contribution in [2.24, 2.45) is 4.99 Å². The zero-order valence-corrected chi connectivity index (χ0v) is 10.8. The van der Waals surface area contributed by atoms with E-state index in [4.69, 9.17) is 0 Å². The fourth-order valence-corrected chi connectivity index (χ4v) is 3.01. The molecule has 2 rings (SSSR count). The first-order valence-electron chi connectivity index (χ1n) is 4.92. The van der Waals surface area contributed by atoms with E-state index in [9.17, 15) is 0 Å². The molecule has 0 unspecified atom stereocenters. The van der Waals surface area contributed by atoms with E-state index in [1.54, 1.807) is 23.1 Å². The van der Waals surface area contributed by atoms with Gasteiger partial charge >= 0.3 is 0 Å². The Hall–Kier alpha value is -0.550. The second-order valence-electron chi connectivity index (χ2n) is 4.28. The summed E-state index contributed by atoms with van der Waals surface area (Å²) in [6, 6.07) is 0. The van der Waals surface area contributed by atoms with E-state index >= 15 is 0 Å². The molecule has 0 saturated carbocycles. The van der Waals surface area contributed by atoms with Gasteiger partial charge in [-0.25, -0.2) is 4.98 Å². The van der Waals surface area contributed by atoms with E-state index in [1.165, 1.54) is 0 Å². The van der Waals surface area contributed by atoms with E-state index in [-0.39, 0.29) is 5.54 Å². The Bertz CT molecular complexity index is 382. The number of aromatic nitrogens is 1. The van der Waals surface area contributed by atoms with Gasteiger partial charge in [-0.05, 0) is 20.8 Å². The molecule has 5 heteroatoms. The summed E-state index contributed by atoms with van der Waals surface area (Å²) in [5.41, 5.74) is 1.25. The Morgan fingerprint density at radius 2 is 2.40 bits per heavy atom. The van der Waals surface area contributed by atoms with Gasteiger partial charge in [0.15, 0.2) is 5.17 Å². The molecule has 82 valence electrons. The number of nitrogens with zero attached hydrogens (tertiary/aromatic N) is 2. The quantitative estimate of drug-likeness (QED) is 0.864. The predicted octanol–water partition coefficient (Wildman–Crippen LogP) is 2.42. The van der Waals surface area contributed by atoms with Crippen LogP contribution in [0.1, 0.15) is 24.5 Å². The molecule has 3 nitrogen and oxygen atoms in total. The lowest BCUT2D eigenvalue weighted by Gasteiger charge is -2.15. The fourth-order valence-electron chi connectivity index (χ4n) is 1.33. The van der Waals surface area contributed by atoms with Crippen molar-refractivity contribution in [3.05, 3.63) is 16.1 Å². The van der Waals surface area contributed by atoms with E-state index < -0.39 is 0 Å². The molecule has 1 fully saturated rings. The normalized spacial score (nSPS) is 21.9. The van der Waals surface area contributed by atoms with Crippen LogP contribution in [-0.2, 0) is 6.54 Å². The standard InChI is InChI=1S/C10H15N3S2/c1-7-12-8(5-14-7)4-11-9-13-10(2,3)6-15-9/h5H,4,6H2,1-3H3,(H,11,13). The average Bonchev–Trinajstić information content (AvgIpc) is 2.69. The predicted molar refractivity (Wildman–Crippen MR) is 67.7 cm³/mol. The highest BCUT2D eigenvalue weighted by Gasteiger charge is 2.26. The number of hydrogen-bond donors (Lipinski definition) is 1. The van der Waals surface area contributed by atoms with Gasteiger partial charge in [-0.2, -0.15) is 0 Å². The van der Waals surface area contributed by atoms with Crippen molar-refractivity contribution < 1.29 is 0 Å². The van der Waals surface area contributed by atoms with Crippen molar-refractivity contribution in [1.29, 1.82) is 0 Å². The third-order valence-corrected chi connectivity index (χ3v) is 4.26. The second kappa shape index (κ2) is 4.14. The summed E-state index contributed by atoms with van der Waals surface area (Å²) in [5.74, 6) is 1.09. The minimum absolute atomic E-state index is 0.182. The van der Waals surface area contributed by atoms with E-state index in [2.05, 4.69) is 34.5 Å². The number of aliphatic imine (C=N–C) groups is 1. The first-order valence-corrected chi connectivity index (χ1v) is 6.78. The number of hydrogen-bond acceptors (Lipinski definition) is 4. The lowest BCUT2D eigenvalue weighted by molar-refractivity contribution is 0.536. The highest BCUT2D eigenvalue weighted by Crippen LogP contribution is 2.22.